The molecule has 0 spiro atoms. The fraction of sp³-hybridized carbons (Fsp3) is 0.143. The lowest BCUT2D eigenvalue weighted by Crippen LogP contribution is -2.19. The number of carbonyl (C=O) groups excluding carboxylic acids is 1. The molecule has 0 aliphatic heterocycles. The number of hydrogen-bond donors (Lipinski definition) is 3. The van der Waals surface area contributed by atoms with Gasteiger partial charge in [-0.05, 0) is 6.07 Å². The molecule has 1 heterocycles. The molecule has 0 radical (unpaired) electrons. The predicted molar refractivity (Wildman–Crippen MR) is 58.9 cm³/mol. The molecule has 5 N–H and O–H groups in total. The summed E-state index contributed by atoms with van der Waals surface area (Å²) in [4.78, 5) is 18.9. The van der Waals surface area contributed by atoms with E-state index in [1.54, 1.807) is 6.07 Å². The summed E-state index contributed by atoms with van der Waals surface area (Å²) < 4.78 is 0. The number of anilines is 1. The second-order valence-electron chi connectivity index (χ2n) is 2.38. The molecule has 15 heavy (non-hydrogen) atoms. The summed E-state index contributed by atoms with van der Waals surface area (Å²) in [5.74, 6) is 5.00. The highest BCUT2D eigenvalue weighted by atomic mass is 32.2. The molecule has 1 rings (SSSR count). The Morgan fingerprint density at radius 1 is 1.53 bits per heavy atom. The third kappa shape index (κ3) is 4.27. The van der Waals surface area contributed by atoms with Crippen molar-refractivity contribution in [2.45, 2.75) is 0 Å². The molecular weight excluding hydrogens is 216 g/mol. The molecule has 0 atom stereocenters. The van der Waals surface area contributed by atoms with Gasteiger partial charge in [0.05, 0.1) is 5.75 Å². The van der Waals surface area contributed by atoms with E-state index in [9.17, 15) is 4.79 Å². The third-order valence-electron chi connectivity index (χ3n) is 1.30. The van der Waals surface area contributed by atoms with Crippen molar-refractivity contribution < 1.29 is 4.79 Å². The Hall–Kier alpha value is -1.83. The molecule has 1 aromatic heterocycles. The highest BCUT2D eigenvalue weighted by Crippen LogP contribution is 2.01. The number of nitrogens with one attached hydrogen (secondary N) is 1. The van der Waals surface area contributed by atoms with E-state index in [0.29, 0.717) is 0 Å². The van der Waals surface area contributed by atoms with E-state index in [-0.39, 0.29) is 22.8 Å². The van der Waals surface area contributed by atoms with Crippen molar-refractivity contribution in [2.75, 3.05) is 11.1 Å². The molecule has 1 amide bonds. The van der Waals surface area contributed by atoms with Crippen LogP contribution in [0.2, 0.25) is 0 Å². The topological polar surface area (TPSA) is 119 Å². The molecule has 8 heteroatoms. The van der Waals surface area contributed by atoms with Crippen molar-refractivity contribution in [3.05, 3.63) is 18.5 Å². The smallest absolute Gasteiger partial charge is 0.237 e. The van der Waals surface area contributed by atoms with Crippen molar-refractivity contribution in [3.63, 3.8) is 0 Å². The van der Waals surface area contributed by atoms with Gasteiger partial charge in [0.2, 0.25) is 11.9 Å². The number of hydrogen-bond acceptors (Lipinski definition) is 6. The fourth-order valence-electron chi connectivity index (χ4n) is 0.701. The molecule has 0 aromatic carbocycles. The lowest BCUT2D eigenvalue weighted by molar-refractivity contribution is -0.113. The van der Waals surface area contributed by atoms with Gasteiger partial charge in [-0.2, -0.15) is 5.10 Å². The molecule has 1 aromatic rings. The highest BCUT2D eigenvalue weighted by Gasteiger charge is 2.05. The van der Waals surface area contributed by atoms with Crippen LogP contribution < -0.4 is 16.9 Å². The number of amidine groups is 1. The highest BCUT2D eigenvalue weighted by molar-refractivity contribution is 8.14. The van der Waals surface area contributed by atoms with Crippen LogP contribution in [-0.4, -0.2) is 26.8 Å². The summed E-state index contributed by atoms with van der Waals surface area (Å²) >= 11 is 1.04. The van der Waals surface area contributed by atoms with Crippen molar-refractivity contribution >= 4 is 28.8 Å². The van der Waals surface area contributed by atoms with Crippen LogP contribution >= 0.6 is 11.8 Å². The maximum atomic E-state index is 11.3. The lowest BCUT2D eigenvalue weighted by atomic mass is 10.6. The van der Waals surface area contributed by atoms with Crippen LogP contribution in [0.3, 0.4) is 0 Å². The van der Waals surface area contributed by atoms with Crippen molar-refractivity contribution in [3.8, 4) is 0 Å². The van der Waals surface area contributed by atoms with Crippen LogP contribution in [0.25, 0.3) is 0 Å². The minimum absolute atomic E-state index is 0.116. The Bertz CT molecular complexity index is 354. The molecule has 0 saturated heterocycles. The first kappa shape index (κ1) is 11.2. The fourth-order valence-corrected chi connectivity index (χ4v) is 1.13. The molecule has 0 unspecified atom stereocenters. The van der Waals surface area contributed by atoms with Gasteiger partial charge in [0, 0.05) is 12.4 Å². The largest absolute Gasteiger partial charge is 0.377 e. The van der Waals surface area contributed by atoms with Crippen molar-refractivity contribution in [2.24, 2.45) is 16.7 Å². The molecule has 0 aliphatic rings. The number of thioether (sulfide) groups is 1. The number of carbonyl (C=O) groups is 1. The van der Waals surface area contributed by atoms with Gasteiger partial charge in [-0.3, -0.25) is 10.1 Å². The summed E-state index contributed by atoms with van der Waals surface area (Å²) in [6.45, 7) is 0. The second-order valence-corrected chi connectivity index (χ2v) is 3.37. The average molecular weight is 226 g/mol. The van der Waals surface area contributed by atoms with Gasteiger partial charge in [0.25, 0.3) is 0 Å². The number of nitrogens with two attached hydrogens (primary N) is 2. The molecule has 0 aliphatic carbocycles. The number of rotatable bonds is 3. The van der Waals surface area contributed by atoms with Gasteiger partial charge in [0.1, 0.15) is 0 Å². The molecule has 0 bridgehead atoms. The standard InChI is InChI=1S/C7H10N6OS/c8-6(13-9)15-4-5(14)12-7-10-2-1-3-11-7/h1-3H,4,9H2,(H2,8,13)(H,10,11,12,14). The van der Waals surface area contributed by atoms with Crippen LogP contribution in [0.4, 0.5) is 5.95 Å². The number of nitrogens with zero attached hydrogens (tertiary/aromatic N) is 3. The summed E-state index contributed by atoms with van der Waals surface area (Å²) in [5.41, 5.74) is 5.29. The SMILES string of the molecule is NN=C(N)SCC(=O)Nc1ncccn1. The van der Waals surface area contributed by atoms with E-state index in [1.807, 2.05) is 0 Å². The first-order chi connectivity index (χ1) is 7.22. The minimum Gasteiger partial charge on any atom is -0.377 e. The first-order valence-corrected chi connectivity index (χ1v) is 4.94. The van der Waals surface area contributed by atoms with E-state index in [4.69, 9.17) is 11.6 Å². The summed E-state index contributed by atoms with van der Waals surface area (Å²) in [6, 6.07) is 1.66. The zero-order chi connectivity index (χ0) is 11.1. The van der Waals surface area contributed by atoms with E-state index < -0.39 is 0 Å². The zero-order valence-corrected chi connectivity index (χ0v) is 8.57. The first-order valence-electron chi connectivity index (χ1n) is 3.95. The second kappa shape index (κ2) is 5.81. The van der Waals surface area contributed by atoms with Crippen LogP contribution in [-0.2, 0) is 4.79 Å². The Labute approximate surface area is 90.3 Å². The van der Waals surface area contributed by atoms with Gasteiger partial charge in [-0.25, -0.2) is 9.97 Å². The van der Waals surface area contributed by atoms with Crippen LogP contribution in [0, 0.1) is 0 Å². The quantitative estimate of drug-likeness (QED) is 0.272. The lowest BCUT2D eigenvalue weighted by Gasteiger charge is -2.01. The minimum atomic E-state index is -0.266. The molecule has 0 saturated carbocycles. The van der Waals surface area contributed by atoms with Gasteiger partial charge < -0.3 is 11.6 Å². The van der Waals surface area contributed by atoms with Crippen LogP contribution in [0.5, 0.6) is 0 Å². The van der Waals surface area contributed by atoms with Gasteiger partial charge in [-0.1, -0.05) is 11.8 Å². The van der Waals surface area contributed by atoms with E-state index in [1.165, 1.54) is 12.4 Å². The number of hydrazone groups is 1. The Balaban J connectivity index is 2.37. The van der Waals surface area contributed by atoms with Crippen LogP contribution in [0.15, 0.2) is 23.6 Å². The number of aromatic nitrogens is 2. The molecule has 0 fully saturated rings. The molecule has 80 valence electrons. The van der Waals surface area contributed by atoms with Crippen molar-refractivity contribution in [1.82, 2.24) is 9.97 Å². The maximum absolute atomic E-state index is 11.3. The maximum Gasteiger partial charge on any atom is 0.237 e. The number of amides is 1. The molecular formula is C7H10N6OS. The predicted octanol–water partition coefficient (Wildman–Crippen LogP) is -0.663. The Morgan fingerprint density at radius 3 is 2.80 bits per heavy atom. The van der Waals surface area contributed by atoms with Gasteiger partial charge in [0.15, 0.2) is 5.17 Å². The average Bonchev–Trinajstić information content (AvgIpc) is 2.27. The normalized spacial score (nSPS) is 11.1. The summed E-state index contributed by atoms with van der Waals surface area (Å²) in [7, 11) is 0. The monoisotopic (exact) mass is 226 g/mol. The Kier molecular flexibility index (Phi) is 4.35. The van der Waals surface area contributed by atoms with Crippen LogP contribution in [0.1, 0.15) is 0 Å². The summed E-state index contributed by atoms with van der Waals surface area (Å²) in [5, 5.41) is 5.85. The van der Waals surface area contributed by atoms with E-state index in [0.717, 1.165) is 11.8 Å². The van der Waals surface area contributed by atoms with Crippen molar-refractivity contribution in [1.29, 1.82) is 0 Å². The third-order valence-corrected chi connectivity index (χ3v) is 2.10. The van der Waals surface area contributed by atoms with Gasteiger partial charge >= 0.3 is 0 Å². The van der Waals surface area contributed by atoms with Gasteiger partial charge in [-0.15, -0.1) is 0 Å². The van der Waals surface area contributed by atoms with E-state index in [2.05, 4.69) is 20.4 Å². The Morgan fingerprint density at radius 2 is 2.20 bits per heavy atom. The zero-order valence-electron chi connectivity index (χ0n) is 7.75. The van der Waals surface area contributed by atoms with E-state index >= 15 is 0 Å². The summed E-state index contributed by atoms with van der Waals surface area (Å²) in [6.07, 6.45) is 3.07. The molecule has 7 nitrogen and oxygen atoms in total.